The van der Waals surface area contributed by atoms with Gasteiger partial charge in [0.2, 0.25) is 5.95 Å². The predicted molar refractivity (Wildman–Crippen MR) is 114 cm³/mol. The average molecular weight is 426 g/mol. The number of carboxylic acid groups (broad SMARTS) is 2. The lowest BCUT2D eigenvalue weighted by atomic mass is 10.1. The molecule has 3 aromatic rings. The fraction of sp³-hybridized carbons (Fsp3) is 0.263. The van der Waals surface area contributed by atoms with Gasteiger partial charge in [0.25, 0.3) is 0 Å². The summed E-state index contributed by atoms with van der Waals surface area (Å²) in [5, 5.41) is 20.9. The molecule has 1 atom stereocenters. The molecule has 0 radical (unpaired) electrons. The summed E-state index contributed by atoms with van der Waals surface area (Å²) in [7, 11) is 1.87. The summed E-state index contributed by atoms with van der Waals surface area (Å²) in [5.74, 6) is -1.96. The fourth-order valence-corrected chi connectivity index (χ4v) is 2.93. The van der Waals surface area contributed by atoms with Gasteiger partial charge in [-0.1, -0.05) is 0 Å². The van der Waals surface area contributed by atoms with Gasteiger partial charge in [0.1, 0.15) is 6.04 Å². The zero-order valence-electron chi connectivity index (χ0n) is 16.7. The number of benzene rings is 1. The second kappa shape index (κ2) is 9.07. The van der Waals surface area contributed by atoms with Gasteiger partial charge in [-0.25, -0.2) is 14.8 Å². The maximum Gasteiger partial charge on any atom is 0.326 e. The Morgan fingerprint density at radius 3 is 2.48 bits per heavy atom. The molecule has 0 saturated heterocycles. The number of nitrogen functional groups attached to an aromatic ring is 2. The maximum atomic E-state index is 11.3. The first-order valence-corrected chi connectivity index (χ1v) is 9.30. The van der Waals surface area contributed by atoms with Crippen molar-refractivity contribution in [2.45, 2.75) is 25.4 Å². The highest BCUT2D eigenvalue weighted by molar-refractivity contribution is 5.81. The number of nitrogens with zero attached hydrogens (tertiary/aromatic N) is 5. The van der Waals surface area contributed by atoms with E-state index >= 15 is 0 Å². The van der Waals surface area contributed by atoms with Crippen molar-refractivity contribution in [2.75, 3.05) is 28.7 Å². The van der Waals surface area contributed by atoms with E-state index < -0.39 is 18.0 Å². The van der Waals surface area contributed by atoms with Crippen molar-refractivity contribution < 1.29 is 19.8 Å². The zero-order chi connectivity index (χ0) is 22.5. The molecule has 0 spiro atoms. The molecule has 0 unspecified atom stereocenters. The van der Waals surface area contributed by atoms with E-state index in [2.05, 4.69) is 25.3 Å². The minimum absolute atomic E-state index is 0.0224. The lowest BCUT2D eigenvalue weighted by molar-refractivity contribution is -0.139. The molecule has 7 N–H and O–H groups in total. The van der Waals surface area contributed by atoms with E-state index in [-0.39, 0.29) is 24.6 Å². The van der Waals surface area contributed by atoms with Crippen molar-refractivity contribution in [1.29, 1.82) is 0 Å². The molecule has 12 nitrogen and oxygen atoms in total. The third-order valence-electron chi connectivity index (χ3n) is 4.49. The molecule has 0 aliphatic heterocycles. The van der Waals surface area contributed by atoms with Gasteiger partial charge in [-0.3, -0.25) is 4.79 Å². The standard InChI is InChI=1S/C19H22N8O4/c1-27(9-11-8-22-17-15(24-11)16(20)25-19(21)26-17)12-4-2-10(3-5-12)23-13(18(30)31)6-7-14(28)29/h2-5,8,13,23H,6-7,9H2,1H3,(H,28,29)(H,30,31)(H4,20,21,22,25,26)/t13-/m0/s1. The number of hydrogen-bond acceptors (Lipinski definition) is 10. The largest absolute Gasteiger partial charge is 0.481 e. The van der Waals surface area contributed by atoms with Crippen LogP contribution < -0.4 is 21.7 Å². The van der Waals surface area contributed by atoms with Crippen LogP contribution in [0.4, 0.5) is 23.1 Å². The zero-order valence-corrected chi connectivity index (χ0v) is 16.7. The Balaban J connectivity index is 1.68. The summed E-state index contributed by atoms with van der Waals surface area (Å²) in [6.45, 7) is 0.426. The first-order chi connectivity index (χ1) is 14.7. The quantitative estimate of drug-likeness (QED) is 0.325. The predicted octanol–water partition coefficient (Wildman–Crippen LogP) is 0.951. The maximum absolute atomic E-state index is 11.3. The summed E-state index contributed by atoms with van der Waals surface area (Å²) in [6.07, 6.45) is 1.33. The molecule has 162 valence electrons. The van der Waals surface area contributed by atoms with Crippen molar-refractivity contribution in [2.24, 2.45) is 0 Å². The summed E-state index contributed by atoms with van der Waals surface area (Å²) < 4.78 is 0. The molecule has 0 amide bonds. The van der Waals surface area contributed by atoms with E-state index in [0.717, 1.165) is 5.69 Å². The van der Waals surface area contributed by atoms with E-state index in [1.165, 1.54) is 0 Å². The van der Waals surface area contributed by atoms with E-state index in [0.29, 0.717) is 29.1 Å². The molecule has 0 bridgehead atoms. The Kier molecular flexibility index (Phi) is 6.29. The highest BCUT2D eigenvalue weighted by Gasteiger charge is 2.18. The Morgan fingerprint density at radius 2 is 1.84 bits per heavy atom. The third kappa shape index (κ3) is 5.44. The van der Waals surface area contributed by atoms with Crippen LogP contribution >= 0.6 is 0 Å². The van der Waals surface area contributed by atoms with Crippen LogP contribution in [0.25, 0.3) is 11.2 Å². The Hall–Kier alpha value is -4.22. The van der Waals surface area contributed by atoms with E-state index in [1.807, 2.05) is 24.1 Å². The molecular weight excluding hydrogens is 404 g/mol. The topological polar surface area (TPSA) is 193 Å². The number of aliphatic carboxylic acids is 2. The number of carboxylic acids is 2. The van der Waals surface area contributed by atoms with Crippen LogP contribution in [0.15, 0.2) is 30.5 Å². The summed E-state index contributed by atoms with van der Waals surface area (Å²) in [4.78, 5) is 40.5. The van der Waals surface area contributed by atoms with Crippen LogP contribution in [0.5, 0.6) is 0 Å². The van der Waals surface area contributed by atoms with Gasteiger partial charge in [-0.2, -0.15) is 9.97 Å². The molecule has 1 aromatic carbocycles. The lowest BCUT2D eigenvalue weighted by Crippen LogP contribution is -2.29. The van der Waals surface area contributed by atoms with Crippen LogP contribution in [0.2, 0.25) is 0 Å². The molecule has 0 aliphatic rings. The summed E-state index contributed by atoms with van der Waals surface area (Å²) in [6, 6.07) is 6.08. The smallest absolute Gasteiger partial charge is 0.326 e. The minimum Gasteiger partial charge on any atom is -0.481 e. The third-order valence-corrected chi connectivity index (χ3v) is 4.49. The number of rotatable bonds is 9. The highest BCUT2D eigenvalue weighted by Crippen LogP contribution is 2.21. The molecule has 3 rings (SSSR count). The van der Waals surface area contributed by atoms with Crippen molar-refractivity contribution in [3.63, 3.8) is 0 Å². The van der Waals surface area contributed by atoms with E-state index in [4.69, 9.17) is 16.6 Å². The van der Waals surface area contributed by atoms with E-state index in [9.17, 15) is 14.7 Å². The minimum atomic E-state index is -1.11. The van der Waals surface area contributed by atoms with Gasteiger partial charge in [0.05, 0.1) is 18.4 Å². The van der Waals surface area contributed by atoms with E-state index in [1.54, 1.807) is 18.3 Å². The molecule has 12 heteroatoms. The van der Waals surface area contributed by atoms with Gasteiger partial charge < -0.3 is 31.9 Å². The first kappa shape index (κ1) is 21.5. The van der Waals surface area contributed by atoms with Gasteiger partial charge in [0.15, 0.2) is 17.0 Å². The van der Waals surface area contributed by atoms with Crippen molar-refractivity contribution >= 4 is 46.2 Å². The molecule has 2 aromatic heterocycles. The Labute approximate surface area is 177 Å². The number of nitrogens with two attached hydrogens (primary N) is 2. The highest BCUT2D eigenvalue weighted by atomic mass is 16.4. The number of hydrogen-bond donors (Lipinski definition) is 5. The van der Waals surface area contributed by atoms with Gasteiger partial charge >= 0.3 is 11.9 Å². The molecule has 0 aliphatic carbocycles. The van der Waals surface area contributed by atoms with Crippen LogP contribution in [0.1, 0.15) is 18.5 Å². The van der Waals surface area contributed by atoms with Crippen LogP contribution in [-0.4, -0.2) is 55.2 Å². The number of nitrogens with one attached hydrogen (secondary N) is 1. The second-order valence-electron chi connectivity index (χ2n) is 6.87. The number of anilines is 4. The van der Waals surface area contributed by atoms with Gasteiger partial charge in [-0.15, -0.1) is 0 Å². The monoisotopic (exact) mass is 426 g/mol. The Morgan fingerprint density at radius 1 is 1.13 bits per heavy atom. The number of aromatic nitrogens is 4. The first-order valence-electron chi connectivity index (χ1n) is 9.30. The van der Waals surface area contributed by atoms with Gasteiger partial charge in [0, 0.05) is 24.8 Å². The van der Waals surface area contributed by atoms with Crippen molar-refractivity contribution in [3.05, 3.63) is 36.2 Å². The second-order valence-corrected chi connectivity index (χ2v) is 6.87. The molecule has 2 heterocycles. The van der Waals surface area contributed by atoms with Gasteiger partial charge in [-0.05, 0) is 30.7 Å². The molecule has 0 saturated carbocycles. The van der Waals surface area contributed by atoms with Crippen LogP contribution in [0.3, 0.4) is 0 Å². The Bertz CT molecular complexity index is 1110. The number of carbonyl (C=O) groups is 2. The number of fused-ring (bicyclic) bond motifs is 1. The average Bonchev–Trinajstić information content (AvgIpc) is 2.71. The SMILES string of the molecule is CN(Cc1cnc2nc(N)nc(N)c2n1)c1ccc(N[C@@H](CCC(=O)O)C(=O)O)cc1. The van der Waals surface area contributed by atoms with Crippen LogP contribution in [-0.2, 0) is 16.1 Å². The van der Waals surface area contributed by atoms with Crippen molar-refractivity contribution in [3.8, 4) is 0 Å². The fourth-order valence-electron chi connectivity index (χ4n) is 2.93. The normalized spacial score (nSPS) is 11.8. The molecule has 31 heavy (non-hydrogen) atoms. The molecule has 0 fully saturated rings. The van der Waals surface area contributed by atoms with Crippen LogP contribution in [0, 0.1) is 0 Å². The summed E-state index contributed by atoms with van der Waals surface area (Å²) >= 11 is 0. The summed E-state index contributed by atoms with van der Waals surface area (Å²) in [5.41, 5.74) is 14.2. The molecular formula is C19H22N8O4. The van der Waals surface area contributed by atoms with Crippen molar-refractivity contribution in [1.82, 2.24) is 19.9 Å². The lowest BCUT2D eigenvalue weighted by Gasteiger charge is -2.20.